The van der Waals surface area contributed by atoms with Crippen molar-refractivity contribution in [2.24, 2.45) is 5.92 Å². The number of carbonyl (C=O) groups excluding carboxylic acids is 1. The van der Waals surface area contributed by atoms with Crippen LogP contribution in [0.25, 0.3) is 0 Å². The van der Waals surface area contributed by atoms with Crippen molar-refractivity contribution in [1.29, 1.82) is 0 Å². The maximum absolute atomic E-state index is 12.5. The van der Waals surface area contributed by atoms with E-state index in [0.717, 1.165) is 63.6 Å². The summed E-state index contributed by atoms with van der Waals surface area (Å²) >= 11 is 0. The molecule has 150 valence electrons. The summed E-state index contributed by atoms with van der Waals surface area (Å²) in [4.78, 5) is 17.1. The lowest BCUT2D eigenvalue weighted by atomic mass is 9.86. The second-order valence-electron chi connectivity index (χ2n) is 8.36. The number of likely N-dealkylation sites (tertiary alicyclic amines) is 2. The van der Waals surface area contributed by atoms with Gasteiger partial charge in [0.25, 0.3) is 0 Å². The number of piperidine rings is 1. The van der Waals surface area contributed by atoms with Crippen LogP contribution in [0.2, 0.25) is 0 Å². The quantitative estimate of drug-likeness (QED) is 0.760. The molecule has 1 aromatic rings. The number of methoxy groups -OCH3 is 1. The van der Waals surface area contributed by atoms with Crippen LogP contribution in [0.15, 0.2) is 4.42 Å². The Bertz CT molecular complexity index is 622. The number of carbonyl (C=O) groups is 1. The Kier molecular flexibility index (Phi) is 6.08. The van der Waals surface area contributed by atoms with Gasteiger partial charge in [-0.15, -0.1) is 10.2 Å². The molecular formula is C20H32N4O3. The molecule has 3 fully saturated rings. The summed E-state index contributed by atoms with van der Waals surface area (Å²) in [6.45, 7) is 3.92. The molecule has 0 radical (unpaired) electrons. The lowest BCUT2D eigenvalue weighted by Crippen LogP contribution is -2.48. The van der Waals surface area contributed by atoms with Crippen molar-refractivity contribution in [2.75, 3.05) is 33.4 Å². The molecular weight excluding hydrogens is 344 g/mol. The predicted octanol–water partition coefficient (Wildman–Crippen LogP) is 2.58. The van der Waals surface area contributed by atoms with Crippen LogP contribution < -0.4 is 0 Å². The molecule has 1 aromatic heterocycles. The first-order chi connectivity index (χ1) is 13.2. The minimum atomic E-state index is 0.158. The lowest BCUT2D eigenvalue weighted by Gasteiger charge is -2.40. The molecule has 3 aliphatic rings. The molecule has 2 saturated heterocycles. The Balaban J connectivity index is 1.31. The summed E-state index contributed by atoms with van der Waals surface area (Å²) in [7, 11) is 1.61. The molecule has 1 amide bonds. The largest absolute Gasteiger partial charge is 0.424 e. The molecule has 3 heterocycles. The van der Waals surface area contributed by atoms with Crippen molar-refractivity contribution in [3.63, 3.8) is 0 Å². The molecule has 4 rings (SSSR count). The molecule has 7 heteroatoms. The Hall–Kier alpha value is -1.47. The normalized spacial score (nSPS) is 25.5. The highest BCUT2D eigenvalue weighted by Crippen LogP contribution is 2.39. The maximum atomic E-state index is 12.5. The molecule has 1 aliphatic carbocycles. The maximum Gasteiger partial charge on any atom is 0.248 e. The van der Waals surface area contributed by atoms with Gasteiger partial charge in [-0.25, -0.2) is 0 Å². The molecule has 27 heavy (non-hydrogen) atoms. The third-order valence-electron chi connectivity index (χ3n) is 6.33. The van der Waals surface area contributed by atoms with Crippen LogP contribution in [-0.2, 0) is 16.1 Å². The third-order valence-corrected chi connectivity index (χ3v) is 6.33. The van der Waals surface area contributed by atoms with Gasteiger partial charge < -0.3 is 14.1 Å². The topological polar surface area (TPSA) is 71.7 Å². The Morgan fingerprint density at radius 1 is 1.07 bits per heavy atom. The van der Waals surface area contributed by atoms with Gasteiger partial charge in [0.05, 0.1) is 6.54 Å². The summed E-state index contributed by atoms with van der Waals surface area (Å²) in [5.41, 5.74) is 0. The van der Waals surface area contributed by atoms with E-state index in [1.54, 1.807) is 7.11 Å². The van der Waals surface area contributed by atoms with Crippen molar-refractivity contribution in [3.05, 3.63) is 11.8 Å². The van der Waals surface area contributed by atoms with Gasteiger partial charge in [0.15, 0.2) is 0 Å². The number of aromatic nitrogens is 2. The number of nitrogens with zero attached hydrogens (tertiary/aromatic N) is 4. The molecule has 0 aromatic carbocycles. The molecule has 2 aliphatic heterocycles. The Morgan fingerprint density at radius 3 is 2.63 bits per heavy atom. The average Bonchev–Trinajstić information content (AvgIpc) is 3.47. The second-order valence-corrected chi connectivity index (χ2v) is 8.36. The monoisotopic (exact) mass is 376 g/mol. The summed E-state index contributed by atoms with van der Waals surface area (Å²) in [6, 6.07) is 0.377. The van der Waals surface area contributed by atoms with Gasteiger partial charge in [0.1, 0.15) is 6.61 Å². The molecule has 1 saturated carbocycles. The van der Waals surface area contributed by atoms with Crippen molar-refractivity contribution < 1.29 is 13.9 Å². The first-order valence-corrected chi connectivity index (χ1v) is 10.6. The molecule has 7 nitrogen and oxygen atoms in total. The van der Waals surface area contributed by atoms with Crippen molar-refractivity contribution in [1.82, 2.24) is 20.0 Å². The molecule has 1 atom stereocenters. The number of hydrogen-bond acceptors (Lipinski definition) is 6. The van der Waals surface area contributed by atoms with Gasteiger partial charge in [-0.2, -0.15) is 0 Å². The van der Waals surface area contributed by atoms with Crippen LogP contribution >= 0.6 is 0 Å². The zero-order valence-electron chi connectivity index (χ0n) is 16.4. The van der Waals surface area contributed by atoms with Crippen molar-refractivity contribution in [3.8, 4) is 0 Å². The number of hydrogen-bond donors (Lipinski definition) is 0. The Morgan fingerprint density at radius 2 is 1.89 bits per heavy atom. The predicted molar refractivity (Wildman–Crippen MR) is 100 cm³/mol. The molecule has 0 bridgehead atoms. The minimum Gasteiger partial charge on any atom is -0.424 e. The van der Waals surface area contributed by atoms with Crippen LogP contribution in [-0.4, -0.2) is 65.3 Å². The van der Waals surface area contributed by atoms with E-state index in [-0.39, 0.29) is 12.5 Å². The summed E-state index contributed by atoms with van der Waals surface area (Å²) in [5, 5.41) is 8.41. The van der Waals surface area contributed by atoms with E-state index in [1.165, 1.54) is 25.7 Å². The van der Waals surface area contributed by atoms with E-state index in [1.807, 2.05) is 0 Å². The van der Waals surface area contributed by atoms with Gasteiger partial charge in [-0.1, -0.05) is 12.8 Å². The third kappa shape index (κ3) is 4.69. The van der Waals surface area contributed by atoms with Crippen LogP contribution in [0.4, 0.5) is 0 Å². The van der Waals surface area contributed by atoms with Gasteiger partial charge >= 0.3 is 0 Å². The highest BCUT2D eigenvalue weighted by molar-refractivity contribution is 5.77. The fourth-order valence-electron chi connectivity index (χ4n) is 4.65. The number of amides is 1. The average molecular weight is 377 g/mol. The first-order valence-electron chi connectivity index (χ1n) is 10.6. The highest BCUT2D eigenvalue weighted by atomic mass is 16.5. The van der Waals surface area contributed by atoms with Gasteiger partial charge in [-0.3, -0.25) is 9.69 Å². The molecule has 1 unspecified atom stereocenters. The van der Waals surface area contributed by atoms with Crippen molar-refractivity contribution in [2.45, 2.75) is 69.9 Å². The SMILES string of the molecule is COCC(=O)N1CCCCCC1C1CCN(Cc2nnc(C3CC3)o2)CC1. The fourth-order valence-corrected chi connectivity index (χ4v) is 4.65. The zero-order chi connectivity index (χ0) is 18.6. The van der Waals surface area contributed by atoms with E-state index in [9.17, 15) is 4.79 Å². The second kappa shape index (κ2) is 8.69. The first kappa shape index (κ1) is 18.9. The standard InChI is InChI=1S/C20H32N4O3/c1-26-14-19(25)24-10-4-2-3-5-17(24)15-8-11-23(12-9-15)13-18-21-22-20(27-18)16-6-7-16/h15-17H,2-14H2,1H3. The van der Waals surface area contributed by atoms with Gasteiger partial charge in [0.2, 0.25) is 17.7 Å². The van der Waals surface area contributed by atoms with Crippen LogP contribution in [0.1, 0.15) is 69.1 Å². The van der Waals surface area contributed by atoms with Crippen LogP contribution in [0, 0.1) is 5.92 Å². The molecule has 0 spiro atoms. The van der Waals surface area contributed by atoms with E-state index >= 15 is 0 Å². The fraction of sp³-hybridized carbons (Fsp3) is 0.850. The Labute approximate surface area is 161 Å². The van der Waals surface area contributed by atoms with Crippen molar-refractivity contribution >= 4 is 5.91 Å². The molecule has 0 N–H and O–H groups in total. The van der Waals surface area contributed by atoms with Crippen LogP contribution in [0.5, 0.6) is 0 Å². The van der Waals surface area contributed by atoms with Gasteiger partial charge in [-0.05, 0) is 57.5 Å². The highest BCUT2D eigenvalue weighted by Gasteiger charge is 2.34. The summed E-state index contributed by atoms with van der Waals surface area (Å²) in [5.74, 6) is 2.84. The van der Waals surface area contributed by atoms with E-state index < -0.39 is 0 Å². The van der Waals surface area contributed by atoms with Gasteiger partial charge in [0, 0.05) is 25.6 Å². The van der Waals surface area contributed by atoms with E-state index in [2.05, 4.69) is 20.0 Å². The smallest absolute Gasteiger partial charge is 0.248 e. The zero-order valence-corrected chi connectivity index (χ0v) is 16.4. The van der Waals surface area contributed by atoms with E-state index in [4.69, 9.17) is 9.15 Å². The summed E-state index contributed by atoms with van der Waals surface area (Å²) in [6.07, 6.45) is 9.34. The van der Waals surface area contributed by atoms with E-state index in [0.29, 0.717) is 17.9 Å². The number of ether oxygens (including phenoxy) is 1. The minimum absolute atomic E-state index is 0.158. The number of rotatable bonds is 6. The summed E-state index contributed by atoms with van der Waals surface area (Å²) < 4.78 is 10.9. The lowest BCUT2D eigenvalue weighted by molar-refractivity contribution is -0.139. The van der Waals surface area contributed by atoms with Crippen LogP contribution in [0.3, 0.4) is 0 Å².